The first kappa shape index (κ1) is 24.1. The third kappa shape index (κ3) is 4.76. The molecule has 6 nitrogen and oxygen atoms in total. The summed E-state index contributed by atoms with van der Waals surface area (Å²) in [5.74, 6) is -0.108. The lowest BCUT2D eigenvalue weighted by Crippen LogP contribution is -2.56. The minimum atomic E-state index is -4.63. The fourth-order valence-corrected chi connectivity index (χ4v) is 4.61. The topological polar surface area (TPSA) is 63.1 Å². The SMILES string of the molecule is C[N+]1(/N=C(\[O-])c2ccccc2C(F)(F)F)CCN(C2=Nc3cc(Cl)ccc3Nc3ccccc32)CC1. The van der Waals surface area contributed by atoms with Gasteiger partial charge in [-0.05, 0) is 36.4 Å². The number of halogens is 4. The van der Waals surface area contributed by atoms with Crippen LogP contribution < -0.4 is 10.4 Å². The number of anilines is 2. The maximum atomic E-state index is 13.4. The Morgan fingerprint density at radius 1 is 1.03 bits per heavy atom. The molecule has 1 fully saturated rings. The van der Waals surface area contributed by atoms with E-state index in [9.17, 15) is 18.3 Å². The Morgan fingerprint density at radius 3 is 2.47 bits per heavy atom. The summed E-state index contributed by atoms with van der Waals surface area (Å²) in [5, 5.41) is 21.0. The Labute approximate surface area is 211 Å². The lowest BCUT2D eigenvalue weighted by molar-refractivity contribution is -0.920. The number of hydrogen-bond acceptors (Lipinski definition) is 5. The highest BCUT2D eigenvalue weighted by molar-refractivity contribution is 6.31. The average molecular weight is 514 g/mol. The number of amidine groups is 1. The van der Waals surface area contributed by atoms with E-state index in [0.29, 0.717) is 36.9 Å². The zero-order valence-electron chi connectivity index (χ0n) is 19.4. The number of quaternary nitrogens is 1. The number of hydrogen-bond donors (Lipinski definition) is 1. The summed E-state index contributed by atoms with van der Waals surface area (Å²) in [5.41, 5.74) is 1.96. The predicted octanol–water partition coefficient (Wildman–Crippen LogP) is 4.98. The van der Waals surface area contributed by atoms with Crippen LogP contribution in [-0.2, 0) is 6.18 Å². The van der Waals surface area contributed by atoms with E-state index in [0.717, 1.165) is 28.8 Å². The van der Waals surface area contributed by atoms with Crippen LogP contribution in [0.5, 0.6) is 0 Å². The summed E-state index contributed by atoms with van der Waals surface area (Å²) in [6, 6.07) is 18.1. The van der Waals surface area contributed by atoms with E-state index in [2.05, 4.69) is 15.3 Å². The van der Waals surface area contributed by atoms with E-state index in [1.165, 1.54) is 18.2 Å². The van der Waals surface area contributed by atoms with Crippen LogP contribution in [0, 0.1) is 0 Å². The third-order valence-corrected chi connectivity index (χ3v) is 6.66. The van der Waals surface area contributed by atoms with Crippen molar-refractivity contribution >= 4 is 40.4 Å². The van der Waals surface area contributed by atoms with Crippen molar-refractivity contribution in [1.82, 2.24) is 4.90 Å². The first-order valence-electron chi connectivity index (χ1n) is 11.4. The van der Waals surface area contributed by atoms with Gasteiger partial charge in [-0.25, -0.2) is 4.99 Å². The van der Waals surface area contributed by atoms with Crippen molar-refractivity contribution in [3.05, 3.63) is 88.4 Å². The predicted molar refractivity (Wildman–Crippen MR) is 133 cm³/mol. The van der Waals surface area contributed by atoms with Crippen molar-refractivity contribution in [1.29, 1.82) is 0 Å². The summed E-state index contributed by atoms with van der Waals surface area (Å²) in [6.07, 6.45) is -4.63. The highest BCUT2D eigenvalue weighted by Gasteiger charge is 2.35. The first-order chi connectivity index (χ1) is 17.1. The Hall–Kier alpha value is -3.56. The van der Waals surface area contributed by atoms with Crippen LogP contribution in [0.25, 0.3) is 0 Å². The highest BCUT2D eigenvalue weighted by Crippen LogP contribution is 2.37. The minimum absolute atomic E-state index is 0.0167. The van der Waals surface area contributed by atoms with Gasteiger partial charge in [0.05, 0.1) is 43.0 Å². The van der Waals surface area contributed by atoms with Gasteiger partial charge in [0.1, 0.15) is 18.9 Å². The summed E-state index contributed by atoms with van der Waals surface area (Å²) < 4.78 is 40.2. The molecule has 0 bridgehead atoms. The molecule has 2 aliphatic heterocycles. The van der Waals surface area contributed by atoms with Gasteiger partial charge in [0, 0.05) is 21.8 Å². The highest BCUT2D eigenvalue weighted by atomic mass is 35.5. The summed E-state index contributed by atoms with van der Waals surface area (Å²) in [7, 11) is 1.75. The lowest BCUT2D eigenvalue weighted by Gasteiger charge is -2.39. The molecule has 2 heterocycles. The second-order valence-electron chi connectivity index (χ2n) is 8.99. The second kappa shape index (κ2) is 9.15. The number of likely N-dealkylation sites (N-methyl/N-ethyl adjacent to an activating group) is 1. The van der Waals surface area contributed by atoms with Crippen molar-refractivity contribution < 1.29 is 22.9 Å². The zero-order valence-corrected chi connectivity index (χ0v) is 20.1. The molecule has 3 aromatic carbocycles. The monoisotopic (exact) mass is 513 g/mol. The van der Waals surface area contributed by atoms with E-state index in [4.69, 9.17) is 16.6 Å². The molecule has 0 saturated carbocycles. The van der Waals surface area contributed by atoms with Crippen LogP contribution in [0.3, 0.4) is 0 Å². The number of nitrogens with one attached hydrogen (secondary N) is 1. The van der Waals surface area contributed by atoms with Crippen LogP contribution in [0.4, 0.5) is 30.2 Å². The van der Waals surface area contributed by atoms with E-state index >= 15 is 0 Å². The fourth-order valence-electron chi connectivity index (χ4n) is 4.45. The number of piperazine rings is 1. The average Bonchev–Trinajstić information content (AvgIpc) is 3.00. The molecule has 1 saturated heterocycles. The molecule has 0 radical (unpaired) electrons. The van der Waals surface area contributed by atoms with Crippen molar-refractivity contribution in [3.8, 4) is 0 Å². The summed E-state index contributed by atoms with van der Waals surface area (Å²) >= 11 is 6.22. The molecule has 0 atom stereocenters. The molecule has 0 spiro atoms. The van der Waals surface area contributed by atoms with Gasteiger partial charge in [-0.2, -0.15) is 17.8 Å². The number of para-hydroxylation sites is 1. The minimum Gasteiger partial charge on any atom is -0.855 e. The summed E-state index contributed by atoms with van der Waals surface area (Å²) in [4.78, 5) is 7.04. The van der Waals surface area contributed by atoms with E-state index < -0.39 is 23.2 Å². The molecule has 5 rings (SSSR count). The molecule has 0 aliphatic carbocycles. The van der Waals surface area contributed by atoms with Crippen LogP contribution >= 0.6 is 11.6 Å². The van der Waals surface area contributed by atoms with Gasteiger partial charge in [0.2, 0.25) is 0 Å². The molecule has 2 aliphatic rings. The Bertz CT molecular complexity index is 1360. The largest absolute Gasteiger partial charge is 0.855 e. The van der Waals surface area contributed by atoms with E-state index in [-0.39, 0.29) is 4.59 Å². The number of nitrogens with zero attached hydrogens (tertiary/aromatic N) is 4. The molecule has 0 aromatic heterocycles. The Balaban J connectivity index is 1.43. The van der Waals surface area contributed by atoms with Crippen LogP contribution in [-0.4, -0.2) is 54.5 Å². The summed E-state index contributed by atoms with van der Waals surface area (Å²) in [6.45, 7) is 1.88. The van der Waals surface area contributed by atoms with Gasteiger partial charge in [0.15, 0.2) is 0 Å². The van der Waals surface area contributed by atoms with Gasteiger partial charge >= 0.3 is 6.18 Å². The fraction of sp³-hybridized carbons (Fsp3) is 0.231. The van der Waals surface area contributed by atoms with Gasteiger partial charge in [-0.15, -0.1) is 0 Å². The number of aliphatic imine (C=N–C) groups is 1. The van der Waals surface area contributed by atoms with Crippen molar-refractivity contribution in [3.63, 3.8) is 0 Å². The molecule has 3 aromatic rings. The third-order valence-electron chi connectivity index (χ3n) is 6.42. The number of fused-ring (bicyclic) bond motifs is 2. The Kier molecular flexibility index (Phi) is 6.13. The Morgan fingerprint density at radius 2 is 1.72 bits per heavy atom. The molecule has 0 amide bonds. The van der Waals surface area contributed by atoms with Gasteiger partial charge < -0.3 is 15.3 Å². The van der Waals surface area contributed by atoms with Crippen molar-refractivity contribution in [2.45, 2.75) is 6.18 Å². The molecule has 0 unspecified atom stereocenters. The van der Waals surface area contributed by atoms with Crippen LogP contribution in [0.2, 0.25) is 5.02 Å². The molecule has 36 heavy (non-hydrogen) atoms. The number of benzene rings is 3. The molecular weight excluding hydrogens is 491 g/mol. The van der Waals surface area contributed by atoms with E-state index in [1.54, 1.807) is 19.2 Å². The zero-order chi connectivity index (χ0) is 25.5. The van der Waals surface area contributed by atoms with Gasteiger partial charge in [-0.1, -0.05) is 47.0 Å². The van der Waals surface area contributed by atoms with Gasteiger partial charge in [0.25, 0.3) is 0 Å². The molecule has 186 valence electrons. The molecule has 1 N–H and O–H groups in total. The first-order valence-corrected chi connectivity index (χ1v) is 11.8. The quantitative estimate of drug-likeness (QED) is 0.299. The van der Waals surface area contributed by atoms with Crippen molar-refractivity contribution in [2.75, 3.05) is 38.5 Å². The molecular formula is C26H23ClF3N5O. The smallest absolute Gasteiger partial charge is 0.417 e. The van der Waals surface area contributed by atoms with Crippen LogP contribution in [0.15, 0.2) is 76.8 Å². The van der Waals surface area contributed by atoms with Gasteiger partial charge in [-0.3, -0.25) is 0 Å². The maximum Gasteiger partial charge on any atom is 0.417 e. The van der Waals surface area contributed by atoms with Crippen LogP contribution in [0.1, 0.15) is 16.7 Å². The number of alkyl halides is 3. The molecule has 10 heteroatoms. The van der Waals surface area contributed by atoms with E-state index in [1.807, 2.05) is 30.3 Å². The normalized spacial score (nSPS) is 17.4. The number of rotatable bonds is 2. The lowest BCUT2D eigenvalue weighted by atomic mass is 10.1. The van der Waals surface area contributed by atoms with Crippen molar-refractivity contribution in [2.24, 2.45) is 10.1 Å². The maximum absolute atomic E-state index is 13.4. The second-order valence-corrected chi connectivity index (χ2v) is 9.43. The standard InChI is InChI=1S/C26H23ClF3N5O/c1-35(33-25(36)18-6-2-4-8-20(18)26(28,29)30)14-12-34(13-15-35)24-19-7-3-5-9-21(19)31-22-11-10-17(27)16-23(22)32-24/h2-11,16H,12-15H2,1H3,(H-,31,32,33,36).